The summed E-state index contributed by atoms with van der Waals surface area (Å²) < 4.78 is 27.2. The van der Waals surface area contributed by atoms with Crippen LogP contribution in [0.15, 0.2) is 46.9 Å². The quantitative estimate of drug-likeness (QED) is 0.786. The maximum Gasteiger partial charge on any atom is 0.326 e. The van der Waals surface area contributed by atoms with Gasteiger partial charge in [0.05, 0.1) is 6.42 Å². The summed E-state index contributed by atoms with van der Waals surface area (Å²) in [6, 6.07) is 8.79. The number of hydrogen-bond donors (Lipinski definition) is 2. The molecule has 2 aromatic carbocycles. The maximum atomic E-state index is 13.6. The van der Waals surface area contributed by atoms with Gasteiger partial charge < -0.3 is 10.4 Å². The highest BCUT2D eigenvalue weighted by Gasteiger charge is 2.21. The van der Waals surface area contributed by atoms with Crippen LogP contribution in [0.4, 0.5) is 8.78 Å². The Bertz CT molecular complexity index is 767. The number of carbonyl (C=O) groups excluding carboxylic acids is 1. The summed E-state index contributed by atoms with van der Waals surface area (Å²) >= 11 is 3.29. The third-order valence-corrected chi connectivity index (χ3v) is 3.82. The lowest BCUT2D eigenvalue weighted by Crippen LogP contribution is -2.43. The largest absolute Gasteiger partial charge is 0.480 e. The van der Waals surface area contributed by atoms with E-state index < -0.39 is 29.6 Å². The van der Waals surface area contributed by atoms with Gasteiger partial charge in [-0.25, -0.2) is 13.6 Å². The molecule has 1 atom stereocenters. The molecule has 0 heterocycles. The third-order valence-electron chi connectivity index (χ3n) is 3.33. The Morgan fingerprint density at radius 2 is 1.92 bits per heavy atom. The first-order chi connectivity index (χ1) is 11.3. The van der Waals surface area contributed by atoms with Gasteiger partial charge in [0.15, 0.2) is 0 Å². The number of rotatable bonds is 6. The number of benzene rings is 2. The number of carboxylic acid groups (broad SMARTS) is 1. The Hall–Kier alpha value is -2.28. The van der Waals surface area contributed by atoms with E-state index in [1.165, 1.54) is 0 Å². The lowest BCUT2D eigenvalue weighted by Gasteiger charge is -2.15. The fourth-order valence-corrected chi connectivity index (χ4v) is 2.63. The number of nitrogens with one attached hydrogen (secondary N) is 1. The Kier molecular flexibility index (Phi) is 6.03. The van der Waals surface area contributed by atoms with Crippen LogP contribution in [0.3, 0.4) is 0 Å². The van der Waals surface area contributed by atoms with Crippen molar-refractivity contribution >= 4 is 27.8 Å². The molecule has 2 aromatic rings. The van der Waals surface area contributed by atoms with Crippen molar-refractivity contribution in [3.05, 3.63) is 69.7 Å². The number of carbonyl (C=O) groups is 2. The van der Waals surface area contributed by atoms with Gasteiger partial charge in [-0.2, -0.15) is 0 Å². The van der Waals surface area contributed by atoms with E-state index in [0.29, 0.717) is 6.07 Å². The van der Waals surface area contributed by atoms with Gasteiger partial charge in [0.25, 0.3) is 0 Å². The molecular formula is C17H14BrF2NO3. The van der Waals surface area contributed by atoms with Crippen LogP contribution in [0.5, 0.6) is 0 Å². The zero-order chi connectivity index (χ0) is 17.7. The molecular weight excluding hydrogens is 384 g/mol. The molecule has 2 rings (SSSR count). The first kappa shape index (κ1) is 18.1. The summed E-state index contributed by atoms with van der Waals surface area (Å²) in [4.78, 5) is 23.3. The van der Waals surface area contributed by atoms with Gasteiger partial charge in [0.2, 0.25) is 5.91 Å². The lowest BCUT2D eigenvalue weighted by molar-refractivity contribution is -0.141. The summed E-state index contributed by atoms with van der Waals surface area (Å²) in [6.07, 6.45) is -0.277. The van der Waals surface area contributed by atoms with E-state index in [4.69, 9.17) is 0 Å². The van der Waals surface area contributed by atoms with Crippen molar-refractivity contribution in [2.24, 2.45) is 0 Å². The average Bonchev–Trinajstić information content (AvgIpc) is 2.49. The van der Waals surface area contributed by atoms with Crippen molar-refractivity contribution in [2.75, 3.05) is 0 Å². The smallest absolute Gasteiger partial charge is 0.326 e. The Morgan fingerprint density at radius 1 is 1.17 bits per heavy atom. The molecule has 2 N–H and O–H groups in total. The van der Waals surface area contributed by atoms with Crippen molar-refractivity contribution in [3.8, 4) is 0 Å². The average molecular weight is 398 g/mol. The predicted octanol–water partition coefficient (Wildman–Crippen LogP) is 3.08. The Balaban J connectivity index is 2.04. The minimum absolute atomic E-state index is 0.000458. The fraction of sp³-hybridized carbons (Fsp3) is 0.176. The number of carboxylic acids is 1. The molecule has 1 amide bonds. The molecule has 0 fully saturated rings. The van der Waals surface area contributed by atoms with Crippen LogP contribution < -0.4 is 5.32 Å². The van der Waals surface area contributed by atoms with Crippen LogP contribution in [0.1, 0.15) is 11.1 Å². The lowest BCUT2D eigenvalue weighted by atomic mass is 10.1. The molecule has 0 radical (unpaired) electrons. The number of halogens is 3. The molecule has 0 aliphatic rings. The molecule has 7 heteroatoms. The number of hydrogen-bond acceptors (Lipinski definition) is 2. The van der Waals surface area contributed by atoms with Crippen molar-refractivity contribution in [1.29, 1.82) is 0 Å². The molecule has 4 nitrogen and oxygen atoms in total. The predicted molar refractivity (Wildman–Crippen MR) is 87.5 cm³/mol. The second kappa shape index (κ2) is 8.01. The summed E-state index contributed by atoms with van der Waals surface area (Å²) in [5.74, 6) is -3.43. The molecule has 0 spiro atoms. The summed E-state index contributed by atoms with van der Waals surface area (Å²) in [7, 11) is 0. The second-order valence-electron chi connectivity index (χ2n) is 5.20. The minimum Gasteiger partial charge on any atom is -0.480 e. The van der Waals surface area contributed by atoms with E-state index in [-0.39, 0.29) is 18.4 Å². The first-order valence-corrected chi connectivity index (χ1v) is 7.85. The van der Waals surface area contributed by atoms with Gasteiger partial charge in [-0.05, 0) is 29.3 Å². The van der Waals surface area contributed by atoms with E-state index in [9.17, 15) is 23.5 Å². The van der Waals surface area contributed by atoms with Gasteiger partial charge in [0.1, 0.15) is 17.7 Å². The highest BCUT2D eigenvalue weighted by atomic mass is 79.9. The second-order valence-corrected chi connectivity index (χ2v) is 6.12. The molecule has 24 heavy (non-hydrogen) atoms. The summed E-state index contributed by atoms with van der Waals surface area (Å²) in [5.41, 5.74) is 0.727. The summed E-state index contributed by atoms with van der Waals surface area (Å²) in [6.45, 7) is 0. The van der Waals surface area contributed by atoms with Gasteiger partial charge in [-0.1, -0.05) is 34.1 Å². The SMILES string of the molecule is O=C(Cc1ccc(F)cc1F)N[C@H](Cc1cccc(Br)c1)C(=O)O. The van der Waals surface area contributed by atoms with Gasteiger partial charge in [-0.15, -0.1) is 0 Å². The van der Waals surface area contributed by atoms with Gasteiger partial charge in [-0.3, -0.25) is 4.79 Å². The molecule has 0 aliphatic heterocycles. The highest BCUT2D eigenvalue weighted by Crippen LogP contribution is 2.14. The zero-order valence-electron chi connectivity index (χ0n) is 12.4. The third kappa shape index (κ3) is 5.13. The monoisotopic (exact) mass is 397 g/mol. The van der Waals surface area contributed by atoms with E-state index >= 15 is 0 Å². The van der Waals surface area contributed by atoms with Crippen LogP contribution in [0.25, 0.3) is 0 Å². The van der Waals surface area contributed by atoms with Crippen molar-refractivity contribution in [3.63, 3.8) is 0 Å². The number of aliphatic carboxylic acids is 1. The van der Waals surface area contributed by atoms with Gasteiger partial charge in [0, 0.05) is 17.0 Å². The standard InChI is InChI=1S/C17H14BrF2NO3/c18-12-3-1-2-10(6-12)7-15(17(23)24)21-16(22)8-11-4-5-13(19)9-14(11)20/h1-6,9,15H,7-8H2,(H,21,22)(H,23,24)/t15-/m1/s1. The molecule has 0 aliphatic carbocycles. The van der Waals surface area contributed by atoms with Crippen LogP contribution in [0, 0.1) is 11.6 Å². The topological polar surface area (TPSA) is 66.4 Å². The summed E-state index contributed by atoms with van der Waals surface area (Å²) in [5, 5.41) is 11.6. The maximum absolute atomic E-state index is 13.6. The minimum atomic E-state index is -1.19. The zero-order valence-corrected chi connectivity index (χ0v) is 14.0. The van der Waals surface area contributed by atoms with E-state index in [0.717, 1.165) is 22.2 Å². The van der Waals surface area contributed by atoms with E-state index in [2.05, 4.69) is 21.2 Å². The number of amides is 1. The molecule has 0 unspecified atom stereocenters. The molecule has 0 aromatic heterocycles. The van der Waals surface area contributed by atoms with Crippen LogP contribution in [0.2, 0.25) is 0 Å². The molecule has 126 valence electrons. The van der Waals surface area contributed by atoms with E-state index in [1.807, 2.05) is 0 Å². The van der Waals surface area contributed by atoms with E-state index in [1.54, 1.807) is 24.3 Å². The highest BCUT2D eigenvalue weighted by molar-refractivity contribution is 9.10. The normalized spacial score (nSPS) is 11.8. The van der Waals surface area contributed by atoms with Crippen molar-refractivity contribution in [2.45, 2.75) is 18.9 Å². The van der Waals surface area contributed by atoms with Crippen molar-refractivity contribution < 1.29 is 23.5 Å². The van der Waals surface area contributed by atoms with Crippen LogP contribution >= 0.6 is 15.9 Å². The Morgan fingerprint density at radius 3 is 2.54 bits per heavy atom. The molecule has 0 bridgehead atoms. The van der Waals surface area contributed by atoms with Crippen molar-refractivity contribution in [1.82, 2.24) is 5.32 Å². The molecule has 0 saturated carbocycles. The Labute approximate surface area is 145 Å². The first-order valence-electron chi connectivity index (χ1n) is 7.05. The van der Waals surface area contributed by atoms with Crippen LogP contribution in [-0.2, 0) is 22.4 Å². The molecule has 0 saturated heterocycles. The van der Waals surface area contributed by atoms with Crippen LogP contribution in [-0.4, -0.2) is 23.0 Å². The fourth-order valence-electron chi connectivity index (χ4n) is 2.18. The van der Waals surface area contributed by atoms with Gasteiger partial charge >= 0.3 is 5.97 Å².